The van der Waals surface area contributed by atoms with Gasteiger partial charge in [-0.15, -0.1) is 0 Å². The molecule has 1 amide bonds. The number of alkyl carbamates (subject to hydrolysis) is 1. The Morgan fingerprint density at radius 3 is 3.00 bits per heavy atom. The van der Waals surface area contributed by atoms with Crippen LogP contribution in [0.5, 0.6) is 0 Å². The maximum Gasteiger partial charge on any atom is 0.407 e. The number of nitrogens with one attached hydrogen (secondary N) is 1. The van der Waals surface area contributed by atoms with Crippen molar-refractivity contribution in [2.45, 2.75) is 12.5 Å². The molecule has 1 aliphatic heterocycles. The van der Waals surface area contributed by atoms with E-state index < -0.39 is 6.09 Å². The first-order chi connectivity index (χ1) is 9.01. The number of nitrogens with two attached hydrogens (primary N) is 1. The van der Waals surface area contributed by atoms with Crippen LogP contribution in [0.25, 0.3) is 0 Å². The average molecular weight is 305 g/mol. The number of ether oxygens (including phenoxy) is 1. The fraction of sp³-hybridized carbons (Fsp3) is 0.455. The number of pyridine rings is 1. The van der Waals surface area contributed by atoms with Gasteiger partial charge in [0.15, 0.2) is 0 Å². The van der Waals surface area contributed by atoms with E-state index in [1.807, 2.05) is 4.90 Å². The summed E-state index contributed by atoms with van der Waals surface area (Å²) in [7, 11) is 1.33. The number of nitrogen functional groups attached to an aromatic ring is 1. The number of rotatable bonds is 2. The zero-order valence-corrected chi connectivity index (χ0v) is 11.8. The molecular formula is C11H14Cl2N4O2. The van der Waals surface area contributed by atoms with Gasteiger partial charge in [0.25, 0.3) is 0 Å². The number of anilines is 2. The molecule has 0 aromatic carbocycles. The molecule has 2 rings (SSSR count). The second-order valence-corrected chi connectivity index (χ2v) is 5.04. The maximum atomic E-state index is 11.1. The van der Waals surface area contributed by atoms with Gasteiger partial charge >= 0.3 is 6.09 Å². The third kappa shape index (κ3) is 3.13. The molecule has 3 N–H and O–H groups in total. The molecule has 1 atom stereocenters. The number of halogens is 2. The van der Waals surface area contributed by atoms with Crippen LogP contribution in [-0.2, 0) is 4.74 Å². The Balaban J connectivity index is 2.08. The summed E-state index contributed by atoms with van der Waals surface area (Å²) >= 11 is 12.0. The first-order valence-electron chi connectivity index (χ1n) is 5.72. The minimum Gasteiger partial charge on any atom is -0.453 e. The molecule has 6 nitrogen and oxygen atoms in total. The molecule has 1 aromatic rings. The summed E-state index contributed by atoms with van der Waals surface area (Å²) in [6.07, 6.45) is 0.344. The SMILES string of the molecule is COC(=O)NC1CCN(c2nc(N)c(Cl)cc2Cl)C1. The van der Waals surface area contributed by atoms with Crippen LogP contribution in [0.1, 0.15) is 6.42 Å². The van der Waals surface area contributed by atoms with E-state index in [0.717, 1.165) is 13.0 Å². The third-order valence-electron chi connectivity index (χ3n) is 2.93. The van der Waals surface area contributed by atoms with Crippen LogP contribution < -0.4 is 16.0 Å². The predicted octanol–water partition coefficient (Wildman–Crippen LogP) is 1.91. The lowest BCUT2D eigenvalue weighted by Crippen LogP contribution is -2.37. The molecule has 2 heterocycles. The Morgan fingerprint density at radius 1 is 1.58 bits per heavy atom. The number of hydrogen-bond acceptors (Lipinski definition) is 5. The lowest BCUT2D eigenvalue weighted by molar-refractivity contribution is 0.167. The summed E-state index contributed by atoms with van der Waals surface area (Å²) in [5.41, 5.74) is 5.68. The average Bonchev–Trinajstić information content (AvgIpc) is 2.82. The molecule has 1 fully saturated rings. The molecule has 0 radical (unpaired) electrons. The Labute approximate surface area is 120 Å². The van der Waals surface area contributed by atoms with Crippen LogP contribution in [0.15, 0.2) is 6.07 Å². The van der Waals surface area contributed by atoms with Crippen molar-refractivity contribution in [1.29, 1.82) is 0 Å². The van der Waals surface area contributed by atoms with Crippen molar-refractivity contribution in [1.82, 2.24) is 10.3 Å². The van der Waals surface area contributed by atoms with Gasteiger partial charge in [0, 0.05) is 13.1 Å². The molecule has 1 aliphatic rings. The number of hydrogen-bond donors (Lipinski definition) is 2. The molecule has 0 bridgehead atoms. The minimum absolute atomic E-state index is 0.00205. The van der Waals surface area contributed by atoms with Gasteiger partial charge in [-0.3, -0.25) is 0 Å². The summed E-state index contributed by atoms with van der Waals surface area (Å²) in [5, 5.41) is 3.52. The fourth-order valence-electron chi connectivity index (χ4n) is 1.99. The number of carbonyl (C=O) groups excluding carboxylic acids is 1. The van der Waals surface area contributed by atoms with Crippen LogP contribution in [0.4, 0.5) is 16.4 Å². The Bertz CT molecular complexity index is 498. The number of aromatic nitrogens is 1. The van der Waals surface area contributed by atoms with Crippen molar-refractivity contribution in [2.75, 3.05) is 30.8 Å². The summed E-state index contributed by atoms with van der Waals surface area (Å²) in [5.74, 6) is 0.822. The molecule has 1 saturated heterocycles. The van der Waals surface area contributed by atoms with Crippen molar-refractivity contribution in [3.8, 4) is 0 Å². The highest BCUT2D eigenvalue weighted by atomic mass is 35.5. The van der Waals surface area contributed by atoms with Crippen LogP contribution in [0.3, 0.4) is 0 Å². The molecule has 8 heteroatoms. The van der Waals surface area contributed by atoms with Gasteiger partial charge in [0.2, 0.25) is 0 Å². The molecule has 19 heavy (non-hydrogen) atoms. The summed E-state index contributed by atoms with van der Waals surface area (Å²) in [6, 6.07) is 1.57. The van der Waals surface area contributed by atoms with E-state index in [-0.39, 0.29) is 11.9 Å². The van der Waals surface area contributed by atoms with Gasteiger partial charge < -0.3 is 20.7 Å². The molecule has 1 aromatic heterocycles. The summed E-state index contributed by atoms with van der Waals surface area (Å²) in [4.78, 5) is 17.3. The van der Waals surface area contributed by atoms with E-state index in [1.54, 1.807) is 6.07 Å². The maximum absolute atomic E-state index is 11.1. The van der Waals surface area contributed by atoms with E-state index in [9.17, 15) is 4.79 Å². The monoisotopic (exact) mass is 304 g/mol. The number of carbonyl (C=O) groups is 1. The Morgan fingerprint density at radius 2 is 2.32 bits per heavy atom. The molecular weight excluding hydrogens is 291 g/mol. The smallest absolute Gasteiger partial charge is 0.407 e. The molecule has 0 spiro atoms. The molecule has 1 unspecified atom stereocenters. The van der Waals surface area contributed by atoms with Gasteiger partial charge in [-0.2, -0.15) is 0 Å². The zero-order chi connectivity index (χ0) is 14.0. The standard InChI is InChI=1S/C11H14Cl2N4O2/c1-19-11(18)15-6-2-3-17(5-6)10-8(13)4-7(12)9(14)16-10/h4,6H,2-3,5H2,1H3,(H2,14,16)(H,15,18). The van der Waals surface area contributed by atoms with Crippen molar-refractivity contribution in [3.63, 3.8) is 0 Å². The summed E-state index contributed by atoms with van der Waals surface area (Å²) < 4.78 is 4.56. The van der Waals surface area contributed by atoms with Crippen LogP contribution >= 0.6 is 23.2 Å². The lowest BCUT2D eigenvalue weighted by Gasteiger charge is -2.19. The van der Waals surface area contributed by atoms with Gasteiger partial charge in [-0.1, -0.05) is 23.2 Å². The highest BCUT2D eigenvalue weighted by molar-refractivity contribution is 6.37. The quantitative estimate of drug-likeness (QED) is 0.872. The topological polar surface area (TPSA) is 80.5 Å². The highest BCUT2D eigenvalue weighted by Crippen LogP contribution is 2.31. The largest absolute Gasteiger partial charge is 0.453 e. The first kappa shape index (κ1) is 14.0. The van der Waals surface area contributed by atoms with E-state index in [2.05, 4.69) is 15.0 Å². The van der Waals surface area contributed by atoms with Crippen LogP contribution in [0.2, 0.25) is 10.0 Å². The zero-order valence-electron chi connectivity index (χ0n) is 10.3. The fourth-order valence-corrected chi connectivity index (χ4v) is 2.47. The number of methoxy groups -OCH3 is 1. The molecule has 0 aliphatic carbocycles. The van der Waals surface area contributed by atoms with Gasteiger partial charge in [-0.25, -0.2) is 9.78 Å². The van der Waals surface area contributed by atoms with Crippen molar-refractivity contribution >= 4 is 40.9 Å². The van der Waals surface area contributed by atoms with Crippen LogP contribution in [-0.4, -0.2) is 37.3 Å². The van der Waals surface area contributed by atoms with Crippen molar-refractivity contribution < 1.29 is 9.53 Å². The minimum atomic E-state index is -0.443. The van der Waals surface area contributed by atoms with E-state index in [0.29, 0.717) is 22.4 Å². The normalized spacial score (nSPS) is 18.5. The lowest BCUT2D eigenvalue weighted by atomic mass is 10.3. The van der Waals surface area contributed by atoms with Gasteiger partial charge in [0.05, 0.1) is 23.2 Å². The predicted molar refractivity (Wildman–Crippen MR) is 74.8 cm³/mol. The van der Waals surface area contributed by atoms with E-state index in [4.69, 9.17) is 28.9 Å². The first-order valence-corrected chi connectivity index (χ1v) is 6.47. The Hall–Kier alpha value is -1.40. The van der Waals surface area contributed by atoms with E-state index >= 15 is 0 Å². The van der Waals surface area contributed by atoms with E-state index in [1.165, 1.54) is 7.11 Å². The van der Waals surface area contributed by atoms with Crippen LogP contribution in [0, 0.1) is 0 Å². The van der Waals surface area contributed by atoms with Crippen molar-refractivity contribution in [2.24, 2.45) is 0 Å². The van der Waals surface area contributed by atoms with Gasteiger partial charge in [0.1, 0.15) is 11.6 Å². The third-order valence-corrected chi connectivity index (χ3v) is 3.51. The number of nitrogens with zero attached hydrogens (tertiary/aromatic N) is 2. The molecule has 104 valence electrons. The Kier molecular flexibility index (Phi) is 4.21. The van der Waals surface area contributed by atoms with Crippen molar-refractivity contribution in [3.05, 3.63) is 16.1 Å². The summed E-state index contributed by atoms with van der Waals surface area (Å²) in [6.45, 7) is 1.32. The molecule has 0 saturated carbocycles. The second-order valence-electron chi connectivity index (χ2n) is 4.23. The highest BCUT2D eigenvalue weighted by Gasteiger charge is 2.26. The second kappa shape index (κ2) is 5.71. The van der Waals surface area contributed by atoms with Gasteiger partial charge in [-0.05, 0) is 12.5 Å². The number of amides is 1.